The lowest BCUT2D eigenvalue weighted by Crippen LogP contribution is -2.38. The van der Waals surface area contributed by atoms with Gasteiger partial charge in [-0.3, -0.25) is 9.69 Å². The Morgan fingerprint density at radius 1 is 1.19 bits per heavy atom. The summed E-state index contributed by atoms with van der Waals surface area (Å²) in [6.07, 6.45) is 2.70. The van der Waals surface area contributed by atoms with Crippen molar-refractivity contribution in [1.82, 2.24) is 4.90 Å². The Balaban J connectivity index is 1.63. The van der Waals surface area contributed by atoms with Crippen LogP contribution in [0.15, 0.2) is 36.4 Å². The molecule has 0 bridgehead atoms. The highest BCUT2D eigenvalue weighted by Gasteiger charge is 2.27. The molecule has 1 aliphatic heterocycles. The lowest BCUT2D eigenvalue weighted by atomic mass is 10.0. The van der Waals surface area contributed by atoms with Gasteiger partial charge in [-0.2, -0.15) is 0 Å². The van der Waals surface area contributed by atoms with Gasteiger partial charge in [-0.05, 0) is 55.6 Å². The van der Waals surface area contributed by atoms with E-state index < -0.39 is 0 Å². The molecule has 0 aliphatic carbocycles. The Morgan fingerprint density at radius 2 is 1.92 bits per heavy atom. The molecule has 1 unspecified atom stereocenters. The number of hydrogen-bond acceptors (Lipinski definition) is 2. The molecule has 26 heavy (non-hydrogen) atoms. The van der Waals surface area contributed by atoms with Crippen LogP contribution in [-0.4, -0.2) is 29.9 Å². The first kappa shape index (κ1) is 19.4. The summed E-state index contributed by atoms with van der Waals surface area (Å²) in [6.45, 7) is 1.06. The van der Waals surface area contributed by atoms with Crippen molar-refractivity contribution in [3.8, 4) is 0 Å². The number of anilines is 1. The minimum atomic E-state index is -0.239. The van der Waals surface area contributed by atoms with E-state index in [-0.39, 0.29) is 24.3 Å². The summed E-state index contributed by atoms with van der Waals surface area (Å²) in [6, 6.07) is 9.88. The molecule has 1 atom stereocenters. The normalized spacial score (nSPS) is 17.5. The first-order valence-electron chi connectivity index (χ1n) is 8.35. The van der Waals surface area contributed by atoms with Crippen LogP contribution in [0.2, 0.25) is 15.1 Å². The molecule has 1 fully saturated rings. The number of hydrogen-bond donors (Lipinski definition) is 1. The largest absolute Gasteiger partial charge is 0.322 e. The van der Waals surface area contributed by atoms with E-state index in [0.29, 0.717) is 27.2 Å². The number of halogens is 4. The van der Waals surface area contributed by atoms with Gasteiger partial charge in [0, 0.05) is 11.1 Å². The fourth-order valence-electron chi connectivity index (χ4n) is 3.30. The second-order valence-corrected chi connectivity index (χ2v) is 7.64. The van der Waals surface area contributed by atoms with Crippen LogP contribution in [0.25, 0.3) is 0 Å². The van der Waals surface area contributed by atoms with E-state index in [0.717, 1.165) is 24.9 Å². The van der Waals surface area contributed by atoms with Gasteiger partial charge in [0.1, 0.15) is 5.82 Å². The number of rotatable bonds is 5. The summed E-state index contributed by atoms with van der Waals surface area (Å²) in [7, 11) is 0. The molecule has 3 rings (SSSR count). The first-order valence-corrected chi connectivity index (χ1v) is 9.48. The quantitative estimate of drug-likeness (QED) is 0.706. The number of benzene rings is 2. The van der Waals surface area contributed by atoms with Crippen LogP contribution in [0.1, 0.15) is 18.4 Å². The predicted molar refractivity (Wildman–Crippen MR) is 105 cm³/mol. The number of nitrogens with zero attached hydrogens (tertiary/aromatic N) is 1. The average Bonchev–Trinajstić information content (AvgIpc) is 2.97. The second-order valence-electron chi connectivity index (χ2n) is 6.39. The van der Waals surface area contributed by atoms with Crippen LogP contribution in [0.5, 0.6) is 0 Å². The van der Waals surface area contributed by atoms with Crippen molar-refractivity contribution in [2.45, 2.75) is 25.3 Å². The fourth-order valence-corrected chi connectivity index (χ4v) is 4.21. The van der Waals surface area contributed by atoms with Crippen molar-refractivity contribution in [3.63, 3.8) is 0 Å². The molecule has 1 heterocycles. The third-order valence-corrected chi connectivity index (χ3v) is 5.29. The Labute approximate surface area is 167 Å². The Bertz CT molecular complexity index is 792. The maximum absolute atomic E-state index is 13.4. The smallest absolute Gasteiger partial charge is 0.238 e. The maximum atomic E-state index is 13.4. The summed E-state index contributed by atoms with van der Waals surface area (Å²) in [5.41, 5.74) is 1.30. The van der Waals surface area contributed by atoms with Crippen molar-refractivity contribution >= 4 is 46.4 Å². The standard InChI is InChI=1S/C19H18Cl3FN2O/c20-13-9-16(21)19(17(22)10-13)24-18(26)11-25-6-2-5-15(25)8-12-3-1-4-14(23)7-12/h1,3-4,7,9-10,15H,2,5-6,8,11H2,(H,24,26). The van der Waals surface area contributed by atoms with Crippen molar-refractivity contribution in [2.75, 3.05) is 18.4 Å². The first-order chi connectivity index (χ1) is 12.4. The van der Waals surface area contributed by atoms with E-state index in [2.05, 4.69) is 10.2 Å². The summed E-state index contributed by atoms with van der Waals surface area (Å²) < 4.78 is 13.4. The molecule has 1 amide bonds. The van der Waals surface area contributed by atoms with Gasteiger partial charge in [0.15, 0.2) is 0 Å². The van der Waals surface area contributed by atoms with Gasteiger partial charge in [-0.15, -0.1) is 0 Å². The maximum Gasteiger partial charge on any atom is 0.238 e. The minimum absolute atomic E-state index is 0.192. The van der Waals surface area contributed by atoms with Gasteiger partial charge in [0.25, 0.3) is 0 Å². The molecule has 3 nitrogen and oxygen atoms in total. The SMILES string of the molecule is O=C(CN1CCCC1Cc1cccc(F)c1)Nc1c(Cl)cc(Cl)cc1Cl. The average molecular weight is 416 g/mol. The van der Waals surface area contributed by atoms with Gasteiger partial charge in [0.05, 0.1) is 22.3 Å². The number of carbonyl (C=O) groups excluding carboxylic acids is 1. The Kier molecular flexibility index (Phi) is 6.41. The van der Waals surface area contributed by atoms with E-state index in [4.69, 9.17) is 34.8 Å². The van der Waals surface area contributed by atoms with Crippen molar-refractivity contribution in [2.24, 2.45) is 0 Å². The molecule has 0 radical (unpaired) electrons. The fraction of sp³-hybridized carbons (Fsp3) is 0.316. The molecule has 2 aromatic carbocycles. The molecule has 7 heteroatoms. The second kappa shape index (κ2) is 8.57. The van der Waals surface area contributed by atoms with E-state index in [1.807, 2.05) is 6.07 Å². The Morgan fingerprint density at radius 3 is 2.62 bits per heavy atom. The monoisotopic (exact) mass is 414 g/mol. The van der Waals surface area contributed by atoms with Crippen LogP contribution in [0, 0.1) is 5.82 Å². The zero-order valence-corrected chi connectivity index (χ0v) is 16.2. The number of nitrogens with one attached hydrogen (secondary N) is 1. The molecule has 138 valence electrons. The lowest BCUT2D eigenvalue weighted by molar-refractivity contribution is -0.117. The summed E-state index contributed by atoms with van der Waals surface area (Å²) >= 11 is 18.1. The van der Waals surface area contributed by atoms with Gasteiger partial charge in [0.2, 0.25) is 5.91 Å². The van der Waals surface area contributed by atoms with Crippen molar-refractivity contribution in [1.29, 1.82) is 0 Å². The van der Waals surface area contributed by atoms with Crippen LogP contribution >= 0.6 is 34.8 Å². The lowest BCUT2D eigenvalue weighted by Gasteiger charge is -2.24. The van der Waals surface area contributed by atoms with Crippen LogP contribution in [0.4, 0.5) is 10.1 Å². The zero-order valence-electron chi connectivity index (χ0n) is 13.9. The number of carbonyl (C=O) groups is 1. The molecular weight excluding hydrogens is 398 g/mol. The summed E-state index contributed by atoms with van der Waals surface area (Å²) in [5, 5.41) is 3.77. The third kappa shape index (κ3) is 4.89. The van der Waals surface area contributed by atoms with Crippen molar-refractivity contribution < 1.29 is 9.18 Å². The zero-order chi connectivity index (χ0) is 18.7. The van der Waals surface area contributed by atoms with E-state index in [9.17, 15) is 9.18 Å². The minimum Gasteiger partial charge on any atom is -0.322 e. The van der Waals surface area contributed by atoms with E-state index >= 15 is 0 Å². The van der Waals surface area contributed by atoms with Gasteiger partial charge >= 0.3 is 0 Å². The molecule has 1 N–H and O–H groups in total. The highest BCUT2D eigenvalue weighted by molar-refractivity contribution is 6.42. The van der Waals surface area contributed by atoms with E-state index in [1.54, 1.807) is 12.1 Å². The molecule has 1 aliphatic rings. The van der Waals surface area contributed by atoms with Gasteiger partial charge in [-0.25, -0.2) is 4.39 Å². The topological polar surface area (TPSA) is 32.3 Å². The van der Waals surface area contributed by atoms with Crippen LogP contribution in [0.3, 0.4) is 0 Å². The highest BCUT2D eigenvalue weighted by atomic mass is 35.5. The molecule has 1 saturated heterocycles. The highest BCUT2D eigenvalue weighted by Crippen LogP contribution is 2.33. The molecule has 0 saturated carbocycles. The van der Waals surface area contributed by atoms with Crippen LogP contribution in [-0.2, 0) is 11.2 Å². The third-order valence-electron chi connectivity index (χ3n) is 4.48. The van der Waals surface area contributed by atoms with Gasteiger partial charge in [-0.1, -0.05) is 46.9 Å². The van der Waals surface area contributed by atoms with E-state index in [1.165, 1.54) is 18.2 Å². The number of likely N-dealkylation sites (tertiary alicyclic amines) is 1. The molecular formula is C19H18Cl3FN2O. The Hall–Kier alpha value is -1.33. The van der Waals surface area contributed by atoms with Crippen molar-refractivity contribution in [3.05, 3.63) is 62.8 Å². The number of amides is 1. The summed E-state index contributed by atoms with van der Waals surface area (Å²) in [5.74, 6) is -0.431. The molecule has 2 aromatic rings. The molecule has 0 spiro atoms. The molecule has 0 aromatic heterocycles. The summed E-state index contributed by atoms with van der Waals surface area (Å²) in [4.78, 5) is 14.6. The predicted octanol–water partition coefficient (Wildman–Crippen LogP) is 5.43. The van der Waals surface area contributed by atoms with Crippen LogP contribution < -0.4 is 5.32 Å². The van der Waals surface area contributed by atoms with Gasteiger partial charge < -0.3 is 5.32 Å².